The molecule has 3 atom stereocenters. The van der Waals surface area contributed by atoms with Crippen molar-refractivity contribution in [2.45, 2.75) is 38.0 Å². The minimum atomic E-state index is -1.74. The lowest BCUT2D eigenvalue weighted by atomic mass is 9.83. The van der Waals surface area contributed by atoms with Gasteiger partial charge in [-0.25, -0.2) is 0 Å². The molecule has 2 N–H and O–H groups in total. The van der Waals surface area contributed by atoms with E-state index in [4.69, 9.17) is 4.74 Å². The molecular weight excluding hydrogens is 420 g/mol. The number of rotatable bonds is 6. The lowest BCUT2D eigenvalue weighted by Gasteiger charge is -2.36. The van der Waals surface area contributed by atoms with Crippen LogP contribution in [0.3, 0.4) is 0 Å². The maximum absolute atomic E-state index is 13.0. The van der Waals surface area contributed by atoms with Gasteiger partial charge in [0.1, 0.15) is 5.75 Å². The first-order chi connectivity index (χ1) is 15.8. The van der Waals surface area contributed by atoms with Crippen LogP contribution in [0.4, 0.5) is 5.69 Å². The number of carbonyl (C=O) groups excluding carboxylic acids is 2. The molecule has 7 nitrogen and oxygen atoms in total. The Morgan fingerprint density at radius 3 is 2.70 bits per heavy atom. The molecule has 2 amide bonds. The van der Waals surface area contributed by atoms with E-state index in [1.807, 2.05) is 24.3 Å². The van der Waals surface area contributed by atoms with Crippen LogP contribution in [0.5, 0.6) is 5.75 Å². The van der Waals surface area contributed by atoms with Crippen molar-refractivity contribution in [1.29, 1.82) is 0 Å². The van der Waals surface area contributed by atoms with E-state index in [1.165, 1.54) is 12.0 Å². The van der Waals surface area contributed by atoms with Gasteiger partial charge in [-0.3, -0.25) is 9.59 Å². The normalized spacial score (nSPS) is 22.9. The third kappa shape index (κ3) is 3.92. The lowest BCUT2D eigenvalue weighted by Crippen LogP contribution is -2.46. The summed E-state index contributed by atoms with van der Waals surface area (Å²) in [7, 11) is 3.17. The molecule has 2 aliphatic heterocycles. The van der Waals surface area contributed by atoms with E-state index >= 15 is 0 Å². The molecule has 0 saturated carbocycles. The fourth-order valence-corrected chi connectivity index (χ4v) is 4.83. The summed E-state index contributed by atoms with van der Waals surface area (Å²) in [6.45, 7) is 2.12. The Bertz CT molecular complexity index is 1100. The first-order valence-corrected chi connectivity index (χ1v) is 11.1. The maximum atomic E-state index is 13.0. The molecule has 2 aromatic carbocycles. The number of anilines is 1. The fourth-order valence-electron chi connectivity index (χ4n) is 4.83. The Morgan fingerprint density at radius 2 is 2.00 bits per heavy atom. The van der Waals surface area contributed by atoms with Gasteiger partial charge in [-0.1, -0.05) is 43.3 Å². The summed E-state index contributed by atoms with van der Waals surface area (Å²) in [5, 5.41) is 21.3. The Labute approximate surface area is 193 Å². The predicted molar refractivity (Wildman–Crippen MR) is 125 cm³/mol. The Kier molecular flexibility index (Phi) is 6.28. The smallest absolute Gasteiger partial charge is 0.264 e. The zero-order valence-electron chi connectivity index (χ0n) is 19.2. The monoisotopic (exact) mass is 450 g/mol. The summed E-state index contributed by atoms with van der Waals surface area (Å²) in [6.07, 6.45) is 4.15. The van der Waals surface area contributed by atoms with Gasteiger partial charge in [0.25, 0.3) is 5.91 Å². The van der Waals surface area contributed by atoms with Crippen LogP contribution in [-0.2, 0) is 28.2 Å². The number of carbonyl (C=O) groups is 2. The molecular formula is C26H30N2O5. The van der Waals surface area contributed by atoms with Gasteiger partial charge in [-0.15, -0.1) is 0 Å². The molecule has 0 unspecified atom stereocenters. The largest absolute Gasteiger partial charge is 0.497 e. The van der Waals surface area contributed by atoms with Crippen LogP contribution in [0, 0.1) is 5.92 Å². The minimum Gasteiger partial charge on any atom is -0.497 e. The second-order valence-electron chi connectivity index (χ2n) is 8.77. The van der Waals surface area contributed by atoms with Gasteiger partial charge in [-0.2, -0.15) is 0 Å². The minimum absolute atomic E-state index is 0.0978. The number of aliphatic hydroxyl groups is 2. The number of nitrogens with zero attached hydrogens (tertiary/aromatic N) is 2. The summed E-state index contributed by atoms with van der Waals surface area (Å²) in [4.78, 5) is 29.1. The maximum Gasteiger partial charge on any atom is 0.264 e. The molecule has 0 radical (unpaired) electrons. The molecule has 0 spiro atoms. The second-order valence-corrected chi connectivity index (χ2v) is 8.77. The summed E-state index contributed by atoms with van der Waals surface area (Å²) < 4.78 is 5.28. The fraction of sp³-hybridized carbons (Fsp3) is 0.385. The van der Waals surface area contributed by atoms with Gasteiger partial charge in [0.15, 0.2) is 5.60 Å². The average molecular weight is 451 g/mol. The van der Waals surface area contributed by atoms with Gasteiger partial charge >= 0.3 is 0 Å². The molecule has 0 aromatic heterocycles. The Hall–Kier alpha value is -3.16. The highest BCUT2D eigenvalue weighted by Gasteiger charge is 2.51. The van der Waals surface area contributed by atoms with Crippen molar-refractivity contribution in [1.82, 2.24) is 4.90 Å². The third-order valence-corrected chi connectivity index (χ3v) is 6.87. The second kappa shape index (κ2) is 9.00. The van der Waals surface area contributed by atoms with E-state index < -0.39 is 17.4 Å². The van der Waals surface area contributed by atoms with Crippen molar-refractivity contribution < 1.29 is 24.5 Å². The predicted octanol–water partition coefficient (Wildman–Crippen LogP) is 2.39. The molecule has 33 heavy (non-hydrogen) atoms. The highest BCUT2D eigenvalue weighted by atomic mass is 16.5. The van der Waals surface area contributed by atoms with Crippen molar-refractivity contribution in [2.24, 2.45) is 5.92 Å². The van der Waals surface area contributed by atoms with E-state index in [0.717, 1.165) is 11.1 Å². The number of likely N-dealkylation sites (N-methyl/N-ethyl adjacent to an activating group) is 1. The number of hydrogen-bond acceptors (Lipinski definition) is 5. The third-order valence-electron chi connectivity index (χ3n) is 6.87. The van der Waals surface area contributed by atoms with Crippen molar-refractivity contribution in [3.63, 3.8) is 0 Å². The van der Waals surface area contributed by atoms with Crippen molar-refractivity contribution >= 4 is 17.5 Å². The van der Waals surface area contributed by atoms with Crippen molar-refractivity contribution in [2.75, 3.05) is 25.7 Å². The number of aliphatic hydroxyl groups excluding tert-OH is 1. The van der Waals surface area contributed by atoms with Crippen LogP contribution in [0.2, 0.25) is 0 Å². The quantitative estimate of drug-likeness (QED) is 0.660. The molecule has 0 fully saturated rings. The molecule has 7 heteroatoms. The molecule has 2 heterocycles. The van der Waals surface area contributed by atoms with Crippen LogP contribution in [-0.4, -0.2) is 53.7 Å². The van der Waals surface area contributed by atoms with Gasteiger partial charge < -0.3 is 24.7 Å². The van der Waals surface area contributed by atoms with E-state index in [2.05, 4.69) is 0 Å². The van der Waals surface area contributed by atoms with Gasteiger partial charge in [0.05, 0.1) is 25.4 Å². The average Bonchev–Trinajstić information content (AvgIpc) is 3.04. The first kappa shape index (κ1) is 23.0. The molecule has 2 aromatic rings. The molecule has 0 aliphatic carbocycles. The molecule has 174 valence electrons. The Balaban J connectivity index is 1.50. The number of ether oxygens (including phenoxy) is 1. The highest BCUT2D eigenvalue weighted by Crippen LogP contribution is 2.45. The summed E-state index contributed by atoms with van der Waals surface area (Å²) in [6, 6.07) is 12.9. The van der Waals surface area contributed by atoms with Crippen LogP contribution in [0.1, 0.15) is 30.0 Å². The van der Waals surface area contributed by atoms with E-state index in [1.54, 1.807) is 49.2 Å². The van der Waals surface area contributed by atoms with E-state index in [0.29, 0.717) is 30.0 Å². The molecule has 0 bridgehead atoms. The number of benzene rings is 2. The lowest BCUT2D eigenvalue weighted by molar-refractivity contribution is -0.139. The SMILES string of the molecule is COc1ccc2c(c1)[C@@](O)([C@H](C)/C=C/CC(=O)N1Cc3ccccc3C[C@H]1CO)C(=O)N2C. The van der Waals surface area contributed by atoms with Crippen molar-refractivity contribution in [3.8, 4) is 5.75 Å². The number of methoxy groups -OCH3 is 1. The van der Waals surface area contributed by atoms with Crippen LogP contribution < -0.4 is 9.64 Å². The topological polar surface area (TPSA) is 90.3 Å². The molecule has 2 aliphatic rings. The van der Waals surface area contributed by atoms with Crippen LogP contribution in [0.15, 0.2) is 54.6 Å². The number of hydrogen-bond donors (Lipinski definition) is 2. The standard InChI is InChI=1S/C26H30N2O5/c1-17(26(32)22-14-21(33-3)11-12-23(22)27(2)25(26)31)7-6-10-24(30)28-15-19-9-5-4-8-18(19)13-20(28)16-29/h4-9,11-12,14,17,20,29,32H,10,13,15-16H2,1-3H3/b7-6+/t17-,20+,26+/m1/s1. The summed E-state index contributed by atoms with van der Waals surface area (Å²) in [5.74, 6) is -0.524. The zero-order valence-corrected chi connectivity index (χ0v) is 19.2. The summed E-state index contributed by atoms with van der Waals surface area (Å²) >= 11 is 0. The number of fused-ring (bicyclic) bond motifs is 2. The van der Waals surface area contributed by atoms with E-state index in [9.17, 15) is 19.8 Å². The number of amides is 2. The van der Waals surface area contributed by atoms with Gasteiger partial charge in [0.2, 0.25) is 5.91 Å². The van der Waals surface area contributed by atoms with Crippen molar-refractivity contribution in [3.05, 3.63) is 71.3 Å². The Morgan fingerprint density at radius 1 is 1.27 bits per heavy atom. The van der Waals surface area contributed by atoms with Crippen LogP contribution in [0.25, 0.3) is 0 Å². The van der Waals surface area contributed by atoms with Gasteiger partial charge in [-0.05, 0) is 35.7 Å². The van der Waals surface area contributed by atoms with Crippen LogP contribution >= 0.6 is 0 Å². The molecule has 0 saturated heterocycles. The van der Waals surface area contributed by atoms with Gasteiger partial charge in [0, 0.05) is 31.5 Å². The molecule has 4 rings (SSSR count). The zero-order chi connectivity index (χ0) is 23.8. The highest BCUT2D eigenvalue weighted by molar-refractivity contribution is 6.07. The van der Waals surface area contributed by atoms with E-state index in [-0.39, 0.29) is 25.0 Å². The summed E-state index contributed by atoms with van der Waals surface area (Å²) in [5.41, 5.74) is 1.64. The first-order valence-electron chi connectivity index (χ1n) is 11.1.